The normalized spacial score (nSPS) is 10.6. The molecule has 0 atom stereocenters. The van der Waals surface area contributed by atoms with Gasteiger partial charge >= 0.3 is 12.6 Å². The molecule has 0 aromatic heterocycles. The molecule has 0 aliphatic rings. The molecule has 0 aliphatic heterocycles. The van der Waals surface area contributed by atoms with Crippen LogP contribution in [0.15, 0.2) is 24.3 Å². The number of carbonyl (C=O) groups is 1. The fourth-order valence-electron chi connectivity index (χ4n) is 1.39. The molecule has 18 heavy (non-hydrogen) atoms. The predicted octanol–water partition coefficient (Wildman–Crippen LogP) is 2.24. The Balaban J connectivity index is 2.24. The summed E-state index contributed by atoms with van der Waals surface area (Å²) in [4.78, 5) is 10.3. The highest BCUT2D eigenvalue weighted by Crippen LogP contribution is 2.14. The van der Waals surface area contributed by atoms with Gasteiger partial charge in [-0.25, -0.2) is 0 Å². The highest BCUT2D eigenvalue weighted by atomic mass is 19.3. The summed E-state index contributed by atoms with van der Waals surface area (Å²) in [6, 6.07) is 6.31. The van der Waals surface area contributed by atoms with Gasteiger partial charge in [-0.05, 0) is 30.7 Å². The molecule has 0 bridgehead atoms. The van der Waals surface area contributed by atoms with E-state index in [9.17, 15) is 13.6 Å². The van der Waals surface area contributed by atoms with Crippen molar-refractivity contribution in [2.24, 2.45) is 0 Å². The Bertz CT molecular complexity index is 368. The van der Waals surface area contributed by atoms with Crippen LogP contribution in [0.2, 0.25) is 0 Å². The molecule has 1 aromatic rings. The van der Waals surface area contributed by atoms with E-state index >= 15 is 0 Å². The van der Waals surface area contributed by atoms with Gasteiger partial charge in [0.1, 0.15) is 5.75 Å². The van der Waals surface area contributed by atoms with E-state index in [4.69, 9.17) is 5.11 Å². The van der Waals surface area contributed by atoms with E-state index in [2.05, 4.69) is 10.1 Å². The van der Waals surface area contributed by atoms with E-state index in [-0.39, 0.29) is 12.2 Å². The van der Waals surface area contributed by atoms with Crippen LogP contribution in [0.1, 0.15) is 18.4 Å². The molecule has 1 rings (SSSR count). The fourth-order valence-corrected chi connectivity index (χ4v) is 1.39. The first-order valence-corrected chi connectivity index (χ1v) is 5.54. The van der Waals surface area contributed by atoms with Gasteiger partial charge < -0.3 is 15.2 Å². The second-order valence-corrected chi connectivity index (χ2v) is 3.70. The van der Waals surface area contributed by atoms with Crippen molar-refractivity contribution in [2.75, 3.05) is 6.54 Å². The third-order valence-corrected chi connectivity index (χ3v) is 2.22. The van der Waals surface area contributed by atoms with Crippen molar-refractivity contribution in [2.45, 2.75) is 26.0 Å². The maximum atomic E-state index is 11.9. The molecular weight excluding hydrogens is 244 g/mol. The topological polar surface area (TPSA) is 58.6 Å². The molecule has 1 aromatic carbocycles. The van der Waals surface area contributed by atoms with Crippen LogP contribution in [0.5, 0.6) is 5.75 Å². The molecule has 0 aliphatic carbocycles. The third-order valence-electron chi connectivity index (χ3n) is 2.22. The standard InChI is InChI=1S/C12H15F2NO3/c13-12(14)18-10-5-3-9(4-6-10)8-15-7-1-2-11(16)17/h3-6,12,15H,1-2,7-8H2,(H,16,17). The summed E-state index contributed by atoms with van der Waals surface area (Å²) in [6.45, 7) is -1.65. The van der Waals surface area contributed by atoms with E-state index in [1.165, 1.54) is 12.1 Å². The number of alkyl halides is 2. The van der Waals surface area contributed by atoms with Gasteiger partial charge in [-0.15, -0.1) is 0 Å². The monoisotopic (exact) mass is 259 g/mol. The minimum atomic E-state index is -2.81. The molecular formula is C12H15F2NO3. The number of ether oxygens (including phenoxy) is 1. The summed E-state index contributed by atoms with van der Waals surface area (Å²) in [5, 5.41) is 11.5. The van der Waals surface area contributed by atoms with Crippen LogP contribution in [0.4, 0.5) is 8.78 Å². The Morgan fingerprint density at radius 1 is 1.33 bits per heavy atom. The van der Waals surface area contributed by atoms with Gasteiger partial charge in [-0.3, -0.25) is 4.79 Å². The lowest BCUT2D eigenvalue weighted by molar-refractivity contribution is -0.137. The number of carboxylic acids is 1. The van der Waals surface area contributed by atoms with Crippen LogP contribution in [-0.4, -0.2) is 24.2 Å². The lowest BCUT2D eigenvalue weighted by atomic mass is 10.2. The molecule has 0 saturated carbocycles. The van der Waals surface area contributed by atoms with E-state index in [1.807, 2.05) is 0 Å². The summed E-state index contributed by atoms with van der Waals surface area (Å²) < 4.78 is 28.0. The SMILES string of the molecule is O=C(O)CCCNCc1ccc(OC(F)F)cc1. The largest absolute Gasteiger partial charge is 0.481 e. The molecule has 0 saturated heterocycles. The first-order chi connectivity index (χ1) is 8.58. The molecule has 0 spiro atoms. The molecule has 0 unspecified atom stereocenters. The molecule has 0 radical (unpaired) electrons. The maximum absolute atomic E-state index is 11.9. The molecule has 0 amide bonds. The van der Waals surface area contributed by atoms with Gasteiger partial charge in [0, 0.05) is 13.0 Å². The smallest absolute Gasteiger partial charge is 0.387 e. The van der Waals surface area contributed by atoms with E-state index in [1.54, 1.807) is 12.1 Å². The number of rotatable bonds is 8. The summed E-state index contributed by atoms with van der Waals surface area (Å²) in [7, 11) is 0. The lowest BCUT2D eigenvalue weighted by Crippen LogP contribution is -2.15. The van der Waals surface area contributed by atoms with Crippen molar-refractivity contribution >= 4 is 5.97 Å². The summed E-state index contributed by atoms with van der Waals surface area (Å²) in [5.74, 6) is -0.690. The van der Waals surface area contributed by atoms with Gasteiger partial charge in [0.2, 0.25) is 0 Å². The van der Waals surface area contributed by atoms with Crippen LogP contribution in [0.25, 0.3) is 0 Å². The van der Waals surface area contributed by atoms with Gasteiger partial charge in [-0.1, -0.05) is 12.1 Å². The van der Waals surface area contributed by atoms with Gasteiger partial charge in [-0.2, -0.15) is 8.78 Å². The zero-order valence-corrected chi connectivity index (χ0v) is 9.73. The van der Waals surface area contributed by atoms with Crippen LogP contribution < -0.4 is 10.1 Å². The quantitative estimate of drug-likeness (QED) is 0.703. The number of nitrogens with one attached hydrogen (secondary N) is 1. The second kappa shape index (κ2) is 7.60. The van der Waals surface area contributed by atoms with Gasteiger partial charge in [0.05, 0.1) is 0 Å². The maximum Gasteiger partial charge on any atom is 0.387 e. The molecule has 100 valence electrons. The van der Waals surface area contributed by atoms with Gasteiger partial charge in [0.25, 0.3) is 0 Å². The van der Waals surface area contributed by atoms with Gasteiger partial charge in [0.15, 0.2) is 0 Å². The number of benzene rings is 1. The van der Waals surface area contributed by atoms with Crippen LogP contribution in [-0.2, 0) is 11.3 Å². The zero-order chi connectivity index (χ0) is 13.4. The Kier molecular flexibility index (Phi) is 6.07. The van der Waals surface area contributed by atoms with E-state index < -0.39 is 12.6 Å². The summed E-state index contributed by atoms with van der Waals surface area (Å²) >= 11 is 0. The molecule has 2 N–H and O–H groups in total. The number of aliphatic carboxylic acids is 1. The average Bonchev–Trinajstić information content (AvgIpc) is 2.30. The first-order valence-electron chi connectivity index (χ1n) is 5.54. The molecule has 0 heterocycles. The lowest BCUT2D eigenvalue weighted by Gasteiger charge is -2.06. The Hall–Kier alpha value is -1.69. The summed E-state index contributed by atoms with van der Waals surface area (Å²) in [6.07, 6.45) is 0.691. The summed E-state index contributed by atoms with van der Waals surface area (Å²) in [5.41, 5.74) is 0.923. The van der Waals surface area contributed by atoms with Crippen molar-refractivity contribution in [3.63, 3.8) is 0 Å². The number of hydrogen-bond donors (Lipinski definition) is 2. The Morgan fingerprint density at radius 3 is 2.56 bits per heavy atom. The highest BCUT2D eigenvalue weighted by Gasteiger charge is 2.03. The number of halogens is 2. The molecule has 6 heteroatoms. The first kappa shape index (κ1) is 14.4. The van der Waals surface area contributed by atoms with Crippen LogP contribution >= 0.6 is 0 Å². The number of hydrogen-bond acceptors (Lipinski definition) is 3. The van der Waals surface area contributed by atoms with Crippen molar-refractivity contribution in [3.05, 3.63) is 29.8 Å². The Labute approximate surface area is 104 Å². The minimum absolute atomic E-state index is 0.125. The van der Waals surface area contributed by atoms with Crippen LogP contribution in [0, 0.1) is 0 Å². The predicted molar refractivity (Wildman–Crippen MR) is 61.7 cm³/mol. The van der Waals surface area contributed by atoms with E-state index in [0.717, 1.165) is 5.56 Å². The van der Waals surface area contributed by atoms with Crippen molar-refractivity contribution in [3.8, 4) is 5.75 Å². The number of carboxylic acid groups (broad SMARTS) is 1. The van der Waals surface area contributed by atoms with E-state index in [0.29, 0.717) is 19.5 Å². The Morgan fingerprint density at radius 2 is 2.00 bits per heavy atom. The highest BCUT2D eigenvalue weighted by molar-refractivity contribution is 5.66. The van der Waals surface area contributed by atoms with Crippen molar-refractivity contribution < 1.29 is 23.4 Å². The van der Waals surface area contributed by atoms with Crippen molar-refractivity contribution in [1.29, 1.82) is 0 Å². The molecule has 0 fully saturated rings. The fraction of sp³-hybridized carbons (Fsp3) is 0.417. The van der Waals surface area contributed by atoms with Crippen molar-refractivity contribution in [1.82, 2.24) is 5.32 Å². The minimum Gasteiger partial charge on any atom is -0.481 e. The second-order valence-electron chi connectivity index (χ2n) is 3.70. The third kappa shape index (κ3) is 6.15. The average molecular weight is 259 g/mol. The van der Waals surface area contributed by atoms with Crippen LogP contribution in [0.3, 0.4) is 0 Å². The molecule has 4 nitrogen and oxygen atoms in total. The zero-order valence-electron chi connectivity index (χ0n) is 9.73.